The Balaban J connectivity index is 1.67. The molecule has 2 rings (SSSR count). The van der Waals surface area contributed by atoms with Crippen LogP contribution in [0.25, 0.3) is 0 Å². The second-order valence-corrected chi connectivity index (χ2v) is 4.49. The molecular formula is C12H19N3O. The van der Waals surface area contributed by atoms with Gasteiger partial charge >= 0.3 is 0 Å². The SMILES string of the molecule is OC(CNCc1cncnc1)C1CCCC1. The van der Waals surface area contributed by atoms with Crippen LogP contribution in [0.3, 0.4) is 0 Å². The Morgan fingerprint density at radius 3 is 2.69 bits per heavy atom. The first-order valence-electron chi connectivity index (χ1n) is 5.99. The van der Waals surface area contributed by atoms with Crippen LogP contribution in [0, 0.1) is 5.92 Å². The van der Waals surface area contributed by atoms with Crippen LogP contribution in [0.4, 0.5) is 0 Å². The number of aromatic nitrogens is 2. The summed E-state index contributed by atoms with van der Waals surface area (Å²) >= 11 is 0. The molecule has 1 aliphatic rings. The molecule has 0 bridgehead atoms. The standard InChI is InChI=1S/C12H19N3O/c16-12(11-3-1-2-4-11)8-13-5-10-6-14-9-15-7-10/h6-7,9,11-13,16H,1-5,8H2. The highest BCUT2D eigenvalue weighted by Crippen LogP contribution is 2.27. The van der Waals surface area contributed by atoms with Crippen molar-refractivity contribution >= 4 is 0 Å². The van der Waals surface area contributed by atoms with Crippen LogP contribution in [0.5, 0.6) is 0 Å². The number of aliphatic hydroxyl groups is 1. The van der Waals surface area contributed by atoms with Crippen molar-refractivity contribution in [3.8, 4) is 0 Å². The summed E-state index contributed by atoms with van der Waals surface area (Å²) in [5.74, 6) is 0.500. The number of rotatable bonds is 5. The lowest BCUT2D eigenvalue weighted by atomic mass is 10.0. The lowest BCUT2D eigenvalue weighted by Gasteiger charge is -2.17. The molecule has 4 nitrogen and oxygen atoms in total. The minimum atomic E-state index is -0.202. The van der Waals surface area contributed by atoms with Crippen molar-refractivity contribution < 1.29 is 5.11 Å². The van der Waals surface area contributed by atoms with Crippen molar-refractivity contribution in [2.24, 2.45) is 5.92 Å². The van der Waals surface area contributed by atoms with Gasteiger partial charge in [-0.2, -0.15) is 0 Å². The Bertz CT molecular complexity index is 298. The molecule has 0 radical (unpaired) electrons. The Morgan fingerprint density at radius 1 is 1.31 bits per heavy atom. The Hall–Kier alpha value is -1.00. The first-order valence-corrected chi connectivity index (χ1v) is 5.99. The van der Waals surface area contributed by atoms with Gasteiger partial charge in [0.25, 0.3) is 0 Å². The maximum Gasteiger partial charge on any atom is 0.115 e. The van der Waals surface area contributed by atoms with Gasteiger partial charge in [-0.15, -0.1) is 0 Å². The van der Waals surface area contributed by atoms with E-state index >= 15 is 0 Å². The molecular weight excluding hydrogens is 202 g/mol. The molecule has 0 aromatic carbocycles. The smallest absolute Gasteiger partial charge is 0.115 e. The van der Waals surface area contributed by atoms with E-state index < -0.39 is 0 Å². The van der Waals surface area contributed by atoms with Gasteiger partial charge in [0.15, 0.2) is 0 Å². The molecule has 16 heavy (non-hydrogen) atoms. The molecule has 88 valence electrons. The zero-order chi connectivity index (χ0) is 11.2. The molecule has 0 saturated heterocycles. The van der Waals surface area contributed by atoms with Crippen molar-refractivity contribution in [1.29, 1.82) is 0 Å². The van der Waals surface area contributed by atoms with E-state index in [0.717, 1.165) is 12.1 Å². The van der Waals surface area contributed by atoms with E-state index in [0.29, 0.717) is 12.5 Å². The normalized spacial score (nSPS) is 18.8. The summed E-state index contributed by atoms with van der Waals surface area (Å²) in [6.45, 7) is 1.39. The van der Waals surface area contributed by atoms with E-state index in [-0.39, 0.29) is 6.10 Å². The van der Waals surface area contributed by atoms with Crippen molar-refractivity contribution in [2.75, 3.05) is 6.54 Å². The summed E-state index contributed by atoms with van der Waals surface area (Å²) < 4.78 is 0. The van der Waals surface area contributed by atoms with Gasteiger partial charge in [0.2, 0.25) is 0 Å². The fourth-order valence-corrected chi connectivity index (χ4v) is 2.29. The molecule has 0 spiro atoms. The summed E-state index contributed by atoms with van der Waals surface area (Å²) in [5.41, 5.74) is 1.06. The van der Waals surface area contributed by atoms with Gasteiger partial charge in [-0.05, 0) is 18.8 Å². The first kappa shape index (κ1) is 11.5. The Morgan fingerprint density at radius 2 is 2.00 bits per heavy atom. The van der Waals surface area contributed by atoms with E-state index in [1.165, 1.54) is 32.0 Å². The molecule has 1 aliphatic carbocycles. The van der Waals surface area contributed by atoms with Crippen molar-refractivity contribution in [2.45, 2.75) is 38.3 Å². The predicted octanol–water partition coefficient (Wildman–Crippen LogP) is 1.12. The molecule has 0 aliphatic heterocycles. The molecule has 1 saturated carbocycles. The summed E-state index contributed by atoms with van der Waals surface area (Å²) in [6.07, 6.45) is 9.81. The molecule has 0 amide bonds. The third-order valence-corrected chi connectivity index (χ3v) is 3.24. The van der Waals surface area contributed by atoms with Crippen molar-refractivity contribution in [3.63, 3.8) is 0 Å². The van der Waals surface area contributed by atoms with Gasteiger partial charge in [0.05, 0.1) is 6.10 Å². The molecule has 2 N–H and O–H groups in total. The topological polar surface area (TPSA) is 58.0 Å². The minimum Gasteiger partial charge on any atom is -0.392 e. The molecule has 1 heterocycles. The van der Waals surface area contributed by atoms with Crippen molar-refractivity contribution in [1.82, 2.24) is 15.3 Å². The first-order chi connectivity index (χ1) is 7.86. The summed E-state index contributed by atoms with van der Waals surface area (Å²) in [7, 11) is 0. The lowest BCUT2D eigenvalue weighted by molar-refractivity contribution is 0.109. The predicted molar refractivity (Wildman–Crippen MR) is 61.7 cm³/mol. The molecule has 1 fully saturated rings. The zero-order valence-electron chi connectivity index (χ0n) is 9.47. The van der Waals surface area contributed by atoms with Crippen LogP contribution in [0.1, 0.15) is 31.2 Å². The average Bonchev–Trinajstić information content (AvgIpc) is 2.84. The van der Waals surface area contributed by atoms with E-state index in [4.69, 9.17) is 0 Å². The van der Waals surface area contributed by atoms with E-state index in [1.807, 2.05) is 0 Å². The van der Waals surface area contributed by atoms with E-state index in [1.54, 1.807) is 12.4 Å². The number of nitrogens with one attached hydrogen (secondary N) is 1. The fourth-order valence-electron chi connectivity index (χ4n) is 2.29. The maximum atomic E-state index is 9.93. The zero-order valence-corrected chi connectivity index (χ0v) is 9.47. The van der Waals surface area contributed by atoms with Crippen molar-refractivity contribution in [3.05, 3.63) is 24.3 Å². The quantitative estimate of drug-likeness (QED) is 0.782. The highest BCUT2D eigenvalue weighted by molar-refractivity contribution is 5.01. The number of aliphatic hydroxyl groups excluding tert-OH is 1. The molecule has 1 unspecified atom stereocenters. The molecule has 1 atom stereocenters. The number of nitrogens with zero attached hydrogens (tertiary/aromatic N) is 2. The largest absolute Gasteiger partial charge is 0.392 e. The van der Waals surface area contributed by atoms with Gasteiger partial charge in [-0.1, -0.05) is 12.8 Å². The van der Waals surface area contributed by atoms with Gasteiger partial charge in [-0.25, -0.2) is 9.97 Å². The fraction of sp³-hybridized carbons (Fsp3) is 0.667. The average molecular weight is 221 g/mol. The minimum absolute atomic E-state index is 0.202. The second kappa shape index (κ2) is 5.92. The third kappa shape index (κ3) is 3.25. The van der Waals surface area contributed by atoms with Crippen LogP contribution in [0.15, 0.2) is 18.7 Å². The van der Waals surface area contributed by atoms with Gasteiger partial charge in [0, 0.05) is 31.0 Å². The van der Waals surface area contributed by atoms with E-state index in [9.17, 15) is 5.11 Å². The highest BCUT2D eigenvalue weighted by atomic mass is 16.3. The van der Waals surface area contributed by atoms with E-state index in [2.05, 4.69) is 15.3 Å². The molecule has 1 aromatic rings. The number of hydrogen-bond donors (Lipinski definition) is 2. The monoisotopic (exact) mass is 221 g/mol. The van der Waals surface area contributed by atoms with Gasteiger partial charge in [0.1, 0.15) is 6.33 Å². The van der Waals surface area contributed by atoms with Crippen LogP contribution in [-0.2, 0) is 6.54 Å². The maximum absolute atomic E-state index is 9.93. The Kier molecular flexibility index (Phi) is 4.25. The second-order valence-electron chi connectivity index (χ2n) is 4.49. The van der Waals surface area contributed by atoms with Crippen LogP contribution in [-0.4, -0.2) is 27.7 Å². The Labute approximate surface area is 96.1 Å². The van der Waals surface area contributed by atoms with Gasteiger partial charge < -0.3 is 10.4 Å². The summed E-state index contributed by atoms with van der Waals surface area (Å²) in [5, 5.41) is 13.2. The summed E-state index contributed by atoms with van der Waals surface area (Å²) in [6, 6.07) is 0. The third-order valence-electron chi connectivity index (χ3n) is 3.24. The van der Waals surface area contributed by atoms with Crippen LogP contribution < -0.4 is 5.32 Å². The van der Waals surface area contributed by atoms with Gasteiger partial charge in [-0.3, -0.25) is 0 Å². The van der Waals surface area contributed by atoms with Crippen LogP contribution in [0.2, 0.25) is 0 Å². The summed E-state index contributed by atoms with van der Waals surface area (Å²) in [4.78, 5) is 7.89. The molecule has 1 aromatic heterocycles. The molecule has 4 heteroatoms. The lowest BCUT2D eigenvalue weighted by Crippen LogP contribution is -2.31. The highest BCUT2D eigenvalue weighted by Gasteiger charge is 2.22. The van der Waals surface area contributed by atoms with Crippen LogP contribution >= 0.6 is 0 Å². The number of hydrogen-bond acceptors (Lipinski definition) is 4.